The van der Waals surface area contributed by atoms with Crippen LogP contribution in [0.5, 0.6) is 11.8 Å². The molecule has 1 unspecified atom stereocenters. The first-order chi connectivity index (χ1) is 28.0. The van der Waals surface area contributed by atoms with Gasteiger partial charge in [0.1, 0.15) is 35.1 Å². The molecule has 2 aliphatic carbocycles. The average molecular weight is 868 g/mol. The maximum Gasteiger partial charge on any atom is 0.427 e. The van der Waals surface area contributed by atoms with Gasteiger partial charge in [-0.1, -0.05) is 44.2 Å². The molecule has 1 aromatic carbocycles. The van der Waals surface area contributed by atoms with E-state index < -0.39 is 92.6 Å². The molecule has 7 atom stereocenters. The van der Waals surface area contributed by atoms with E-state index >= 15 is 0 Å². The molecule has 3 N–H and O–H groups in total. The number of alkyl carbamates (subject to hydrolysis) is 1. The number of allylic oxidation sites excluding steroid dienone is 1. The lowest BCUT2D eigenvalue weighted by Gasteiger charge is -2.34. The van der Waals surface area contributed by atoms with E-state index in [1.807, 2.05) is 43.7 Å². The highest BCUT2D eigenvalue weighted by atomic mass is 32.2. The summed E-state index contributed by atoms with van der Waals surface area (Å²) >= 11 is 0. The Morgan fingerprint density at radius 2 is 1.80 bits per heavy atom. The highest BCUT2D eigenvalue weighted by molar-refractivity contribution is 7.91. The molecule has 3 fully saturated rings. The van der Waals surface area contributed by atoms with E-state index in [2.05, 4.69) is 15.6 Å². The summed E-state index contributed by atoms with van der Waals surface area (Å²) in [6.45, 7) is 7.12. The largest absolute Gasteiger partial charge is 0.475 e. The van der Waals surface area contributed by atoms with Crippen molar-refractivity contribution in [3.63, 3.8) is 0 Å². The van der Waals surface area contributed by atoms with Crippen LogP contribution in [0.4, 0.5) is 22.4 Å². The number of hydrogen-bond acceptors (Lipinski definition) is 10. The second kappa shape index (κ2) is 16.6. The normalized spacial score (nSPS) is 28.9. The molecule has 4 aliphatic rings. The number of halogens is 4. The molecular weight excluding hydrogens is 815 g/mol. The number of rotatable bonds is 10. The van der Waals surface area contributed by atoms with E-state index in [1.165, 1.54) is 0 Å². The van der Waals surface area contributed by atoms with Gasteiger partial charge < -0.3 is 29.7 Å². The number of nitrogens with one attached hydrogen (secondary N) is 3. The smallest absolute Gasteiger partial charge is 0.427 e. The van der Waals surface area contributed by atoms with Crippen LogP contribution in [0.2, 0.25) is 0 Å². The summed E-state index contributed by atoms with van der Waals surface area (Å²) in [5.41, 5.74) is -4.68. The van der Waals surface area contributed by atoms with Crippen molar-refractivity contribution in [3.8, 4) is 11.8 Å². The predicted molar refractivity (Wildman–Crippen MR) is 211 cm³/mol. The summed E-state index contributed by atoms with van der Waals surface area (Å²) in [6.07, 6.45) is -2.79. The number of amides is 4. The number of ether oxygens (including phenoxy) is 3. The maximum absolute atomic E-state index is 14.8. The number of carbonyl (C=O) groups is 4. The Hall–Kier alpha value is -4.68. The summed E-state index contributed by atoms with van der Waals surface area (Å²) < 4.78 is 99.0. The number of hydrogen-bond donors (Lipinski definition) is 3. The topological polar surface area (TPSA) is 182 Å². The fraction of sp³-hybridized carbons (Fsp3) is 0.634. The van der Waals surface area contributed by atoms with Gasteiger partial charge in [0.25, 0.3) is 5.91 Å². The van der Waals surface area contributed by atoms with Crippen molar-refractivity contribution < 1.29 is 59.4 Å². The highest BCUT2D eigenvalue weighted by Crippen LogP contribution is 2.48. The van der Waals surface area contributed by atoms with Crippen LogP contribution in [0.25, 0.3) is 10.8 Å². The van der Waals surface area contributed by atoms with Gasteiger partial charge in [-0.15, -0.1) is 0 Å². The number of pyridine rings is 1. The second-order valence-corrected chi connectivity index (χ2v) is 19.6. The van der Waals surface area contributed by atoms with Gasteiger partial charge in [-0.05, 0) is 89.5 Å². The van der Waals surface area contributed by atoms with E-state index in [0.717, 1.165) is 10.3 Å². The molecular formula is C41H53F4N5O9S. The van der Waals surface area contributed by atoms with Crippen LogP contribution in [0.1, 0.15) is 86.5 Å². The van der Waals surface area contributed by atoms with Crippen LogP contribution in [0.3, 0.4) is 0 Å². The molecule has 330 valence electrons. The summed E-state index contributed by atoms with van der Waals surface area (Å²) in [5.74, 6) is -3.73. The molecule has 0 spiro atoms. The molecule has 2 aliphatic heterocycles. The van der Waals surface area contributed by atoms with Gasteiger partial charge in [0.2, 0.25) is 39.2 Å². The van der Waals surface area contributed by atoms with E-state index in [1.54, 1.807) is 31.2 Å². The third kappa shape index (κ3) is 9.29. The SMILES string of the molecule is CC(C)Oc1cc2ccccc2c(O[C@@H]2C[C@H]3C(=O)N[C@]4(C(=O)NS(=O)(=O)C5(CF)CC5)CC4/C=C\CC[C@H](C)C[C@@H](C)[C@H](NC(=O)OC(C)(C)C(F)(F)F)C(=O)N3C2)n1. The quantitative estimate of drug-likeness (QED) is 0.200. The number of fused-ring (bicyclic) bond motifs is 3. The van der Waals surface area contributed by atoms with Crippen LogP contribution < -0.4 is 24.8 Å². The van der Waals surface area contributed by atoms with Crippen molar-refractivity contribution in [2.45, 2.75) is 133 Å². The first-order valence-corrected chi connectivity index (χ1v) is 21.7. The van der Waals surface area contributed by atoms with Gasteiger partial charge in [0.05, 0.1) is 12.6 Å². The molecule has 60 heavy (non-hydrogen) atoms. The number of alkyl halides is 4. The highest BCUT2D eigenvalue weighted by Gasteiger charge is 2.64. The molecule has 19 heteroatoms. The van der Waals surface area contributed by atoms with Crippen LogP contribution in [0.15, 0.2) is 42.5 Å². The maximum atomic E-state index is 14.8. The Morgan fingerprint density at radius 3 is 2.45 bits per heavy atom. The van der Waals surface area contributed by atoms with E-state index in [0.29, 0.717) is 38.5 Å². The zero-order chi connectivity index (χ0) is 44.0. The minimum absolute atomic E-state index is 0.00989. The Bertz CT molecular complexity index is 2130. The molecule has 4 amide bonds. The lowest BCUT2D eigenvalue weighted by atomic mass is 9.88. The molecule has 1 aromatic heterocycles. The van der Waals surface area contributed by atoms with Gasteiger partial charge in [0, 0.05) is 23.8 Å². The van der Waals surface area contributed by atoms with Gasteiger partial charge in [-0.25, -0.2) is 17.6 Å². The van der Waals surface area contributed by atoms with Crippen molar-refractivity contribution in [2.24, 2.45) is 17.8 Å². The predicted octanol–water partition coefficient (Wildman–Crippen LogP) is 5.64. The van der Waals surface area contributed by atoms with Crippen LogP contribution in [-0.2, 0) is 29.1 Å². The van der Waals surface area contributed by atoms with Crippen LogP contribution >= 0.6 is 0 Å². The lowest BCUT2D eigenvalue weighted by molar-refractivity contribution is -0.244. The van der Waals surface area contributed by atoms with Crippen molar-refractivity contribution >= 4 is 44.6 Å². The molecule has 14 nitrogen and oxygen atoms in total. The summed E-state index contributed by atoms with van der Waals surface area (Å²) in [6, 6.07) is 6.05. The monoisotopic (exact) mass is 867 g/mol. The van der Waals surface area contributed by atoms with Crippen LogP contribution in [0, 0.1) is 17.8 Å². The third-order valence-electron chi connectivity index (χ3n) is 11.9. The third-order valence-corrected chi connectivity index (χ3v) is 14.0. The molecule has 2 saturated carbocycles. The van der Waals surface area contributed by atoms with Crippen molar-refractivity contribution in [2.75, 3.05) is 13.2 Å². The fourth-order valence-electron chi connectivity index (χ4n) is 7.89. The van der Waals surface area contributed by atoms with Gasteiger partial charge in [-0.2, -0.15) is 18.2 Å². The minimum Gasteiger partial charge on any atom is -0.475 e. The molecule has 0 bridgehead atoms. The second-order valence-electron chi connectivity index (χ2n) is 17.5. The molecule has 1 saturated heterocycles. The van der Waals surface area contributed by atoms with Crippen molar-refractivity contribution in [3.05, 3.63) is 42.5 Å². The number of benzene rings is 1. The molecule has 6 rings (SSSR count). The number of nitrogens with zero attached hydrogens (tertiary/aromatic N) is 2. The summed E-state index contributed by atoms with van der Waals surface area (Å²) in [5, 5.41) is 6.41. The Balaban J connectivity index is 1.37. The summed E-state index contributed by atoms with van der Waals surface area (Å²) in [4.78, 5) is 62.2. The van der Waals surface area contributed by atoms with Gasteiger partial charge >= 0.3 is 12.3 Å². The number of sulfonamides is 1. The Kier molecular flexibility index (Phi) is 12.4. The molecule has 0 radical (unpaired) electrons. The first kappa shape index (κ1) is 44.9. The standard InChI is InChI=1S/C41H53F4N5O9S/c1-23(2)57-31-18-26-12-8-10-14-29(26)34(46-31)58-28-19-30-33(51)48-40(36(53)49-60(55,56)39(22-42)15-16-39)20-27(40)13-9-7-11-24(3)17-25(4)32(35(52)50(30)21-28)47-37(54)59-38(5,6)41(43,44)45/h8-10,12-14,18,23-25,27-28,30,32H,7,11,15-17,19-22H2,1-6H3,(H,47,54)(H,48,51)(H,49,53)/b13-9-/t24-,25+,27?,28+,30-,32-,40+/m0/s1. The van der Waals surface area contributed by atoms with E-state index in [-0.39, 0.29) is 56.0 Å². The molecule has 2 aromatic rings. The van der Waals surface area contributed by atoms with Crippen molar-refractivity contribution in [1.82, 2.24) is 25.2 Å². The van der Waals surface area contributed by atoms with Gasteiger partial charge in [-0.3, -0.25) is 19.1 Å². The minimum atomic E-state index is -4.93. The fourth-order valence-corrected chi connectivity index (χ4v) is 9.32. The molecule has 3 heterocycles. The first-order valence-electron chi connectivity index (χ1n) is 20.2. The van der Waals surface area contributed by atoms with E-state index in [4.69, 9.17) is 14.2 Å². The zero-order valence-corrected chi connectivity index (χ0v) is 35.3. The summed E-state index contributed by atoms with van der Waals surface area (Å²) in [7, 11) is -4.47. The lowest BCUT2D eigenvalue weighted by Crippen LogP contribution is -2.60. The van der Waals surface area contributed by atoms with Crippen molar-refractivity contribution in [1.29, 1.82) is 0 Å². The van der Waals surface area contributed by atoms with E-state index in [9.17, 15) is 45.2 Å². The zero-order valence-electron chi connectivity index (χ0n) is 34.4. The average Bonchev–Trinajstić information content (AvgIpc) is 4.05. The Morgan fingerprint density at radius 1 is 1.10 bits per heavy atom. The number of aromatic nitrogens is 1. The number of carbonyl (C=O) groups excluding carboxylic acids is 4. The van der Waals surface area contributed by atoms with Gasteiger partial charge in [0.15, 0.2) is 0 Å². The Labute approximate surface area is 346 Å². The van der Waals surface area contributed by atoms with Crippen LogP contribution in [-0.4, -0.2) is 102 Å².